The Kier molecular flexibility index (Phi) is 5.65. The first kappa shape index (κ1) is 16.3. The maximum absolute atomic E-state index is 2.89. The van der Waals surface area contributed by atoms with Gasteiger partial charge in [-0.05, 0) is 61.2 Å². The summed E-state index contributed by atoms with van der Waals surface area (Å²) in [6.07, 6.45) is 15.2. The molecular weight excluding hydrogens is 470 g/mol. The van der Waals surface area contributed by atoms with E-state index in [0.29, 0.717) is 0 Å². The van der Waals surface area contributed by atoms with Crippen LogP contribution in [0.2, 0.25) is 0 Å². The van der Waals surface area contributed by atoms with E-state index in [0.717, 1.165) is 33.0 Å². The molecule has 0 aromatic heterocycles. The van der Waals surface area contributed by atoms with Crippen LogP contribution in [0.5, 0.6) is 0 Å². The average molecular weight is 500 g/mol. The normalized spacial score (nSPS) is 48.5. The quantitative estimate of drug-likeness (QED) is 0.301. The predicted molar refractivity (Wildman–Crippen MR) is 105 cm³/mol. The molecule has 0 N–H and O–H groups in total. The Morgan fingerprint density at radius 1 is 1.00 bits per heavy atom. The van der Waals surface area contributed by atoms with E-state index in [1.54, 1.807) is 25.7 Å². The van der Waals surface area contributed by atoms with E-state index in [2.05, 4.69) is 52.1 Å². The van der Waals surface area contributed by atoms with Crippen molar-refractivity contribution in [1.29, 1.82) is 0 Å². The fourth-order valence-corrected chi connectivity index (χ4v) is 9.38. The molecule has 116 valence electrons. The van der Waals surface area contributed by atoms with Crippen molar-refractivity contribution in [2.75, 3.05) is 4.43 Å². The third-order valence-corrected chi connectivity index (χ3v) is 10.2. The predicted octanol–water partition coefficient (Wildman–Crippen LogP) is 6.64. The SMILES string of the molecule is CCCC1C(I)C2CCCCC2C2(CI)CCCCC12. The van der Waals surface area contributed by atoms with Crippen molar-refractivity contribution in [1.82, 2.24) is 0 Å². The van der Waals surface area contributed by atoms with Gasteiger partial charge in [-0.3, -0.25) is 0 Å². The van der Waals surface area contributed by atoms with Crippen molar-refractivity contribution in [3.8, 4) is 0 Å². The van der Waals surface area contributed by atoms with Gasteiger partial charge in [0.05, 0.1) is 0 Å². The average Bonchev–Trinajstić information content (AvgIpc) is 2.51. The fourth-order valence-electron chi connectivity index (χ4n) is 6.14. The van der Waals surface area contributed by atoms with Crippen molar-refractivity contribution >= 4 is 45.2 Å². The number of hydrogen-bond donors (Lipinski definition) is 0. The standard InChI is InChI=1S/C18H30I2/c1-2-7-13-15-10-5-6-11-18(15,12-19)16-9-4-3-8-14(16)17(13)20/h13-17H,2-12H2,1H3. The molecule has 3 fully saturated rings. The highest BCUT2D eigenvalue weighted by Gasteiger charge is 2.57. The molecule has 0 heterocycles. The largest absolute Gasteiger partial charge is 0.0857 e. The zero-order chi connectivity index (χ0) is 14.2. The molecule has 3 aliphatic carbocycles. The molecule has 3 saturated carbocycles. The van der Waals surface area contributed by atoms with E-state index < -0.39 is 0 Å². The van der Waals surface area contributed by atoms with Crippen molar-refractivity contribution < 1.29 is 0 Å². The molecule has 0 saturated heterocycles. The van der Waals surface area contributed by atoms with Crippen molar-refractivity contribution in [2.24, 2.45) is 29.1 Å². The van der Waals surface area contributed by atoms with Crippen LogP contribution in [0.15, 0.2) is 0 Å². The molecule has 6 unspecified atom stereocenters. The smallest absolute Gasteiger partial charge is 0.0172 e. The molecule has 3 rings (SSSR count). The van der Waals surface area contributed by atoms with Crippen LogP contribution in [0.3, 0.4) is 0 Å². The van der Waals surface area contributed by atoms with Gasteiger partial charge in [0.1, 0.15) is 0 Å². The van der Waals surface area contributed by atoms with E-state index >= 15 is 0 Å². The van der Waals surface area contributed by atoms with E-state index in [4.69, 9.17) is 0 Å². The third kappa shape index (κ3) is 2.60. The van der Waals surface area contributed by atoms with Gasteiger partial charge < -0.3 is 0 Å². The van der Waals surface area contributed by atoms with Gasteiger partial charge in [0.15, 0.2) is 0 Å². The summed E-state index contributed by atoms with van der Waals surface area (Å²) in [5.74, 6) is 4.24. The molecule has 0 nitrogen and oxygen atoms in total. The van der Waals surface area contributed by atoms with Crippen LogP contribution in [0.25, 0.3) is 0 Å². The maximum Gasteiger partial charge on any atom is 0.0172 e. The van der Waals surface area contributed by atoms with Gasteiger partial charge in [0.2, 0.25) is 0 Å². The first-order valence-electron chi connectivity index (χ1n) is 8.94. The minimum Gasteiger partial charge on any atom is -0.0857 e. The second-order valence-electron chi connectivity index (χ2n) is 7.67. The van der Waals surface area contributed by atoms with Gasteiger partial charge in [0, 0.05) is 8.35 Å². The zero-order valence-corrected chi connectivity index (χ0v) is 17.2. The minimum atomic E-state index is 0.741. The molecular formula is C18H30I2. The van der Waals surface area contributed by atoms with Crippen LogP contribution >= 0.6 is 45.2 Å². The summed E-state index contributed by atoms with van der Waals surface area (Å²) in [6.45, 7) is 2.41. The second kappa shape index (κ2) is 6.92. The van der Waals surface area contributed by atoms with Crippen LogP contribution in [0.1, 0.15) is 71.1 Å². The molecule has 0 aromatic rings. The topological polar surface area (TPSA) is 0 Å². The van der Waals surface area contributed by atoms with Crippen molar-refractivity contribution in [3.63, 3.8) is 0 Å². The Bertz CT molecular complexity index is 329. The van der Waals surface area contributed by atoms with E-state index in [1.165, 1.54) is 43.0 Å². The lowest BCUT2D eigenvalue weighted by Gasteiger charge is -2.61. The molecule has 20 heavy (non-hydrogen) atoms. The first-order valence-corrected chi connectivity index (χ1v) is 11.7. The van der Waals surface area contributed by atoms with Crippen LogP contribution in [0.4, 0.5) is 0 Å². The molecule has 0 radical (unpaired) electrons. The highest BCUT2D eigenvalue weighted by Crippen LogP contribution is 2.63. The van der Waals surface area contributed by atoms with Gasteiger partial charge in [-0.1, -0.05) is 84.2 Å². The van der Waals surface area contributed by atoms with Crippen LogP contribution in [-0.4, -0.2) is 8.35 Å². The number of alkyl halides is 2. The minimum absolute atomic E-state index is 0.741. The number of fused-ring (bicyclic) bond motifs is 3. The highest BCUT2D eigenvalue weighted by atomic mass is 127. The Balaban J connectivity index is 1.96. The second-order valence-corrected chi connectivity index (χ2v) is 9.87. The van der Waals surface area contributed by atoms with Crippen LogP contribution < -0.4 is 0 Å². The lowest BCUT2D eigenvalue weighted by molar-refractivity contribution is -0.0762. The fraction of sp³-hybridized carbons (Fsp3) is 1.00. The summed E-state index contributed by atoms with van der Waals surface area (Å²) in [7, 11) is 0. The summed E-state index contributed by atoms with van der Waals surface area (Å²) in [6, 6.07) is 0. The molecule has 0 spiro atoms. The van der Waals surface area contributed by atoms with Crippen LogP contribution in [0, 0.1) is 29.1 Å². The van der Waals surface area contributed by atoms with Gasteiger partial charge in [0.25, 0.3) is 0 Å². The molecule has 0 amide bonds. The Morgan fingerprint density at radius 2 is 1.70 bits per heavy atom. The molecule has 0 bridgehead atoms. The summed E-state index contributed by atoms with van der Waals surface area (Å²) in [5, 5.41) is 0. The molecule has 6 atom stereocenters. The van der Waals surface area contributed by atoms with Crippen molar-refractivity contribution in [3.05, 3.63) is 0 Å². The number of hydrogen-bond acceptors (Lipinski definition) is 0. The molecule has 0 aromatic carbocycles. The first-order chi connectivity index (χ1) is 9.74. The lowest BCUT2D eigenvalue weighted by atomic mass is 9.46. The number of rotatable bonds is 3. The Labute approximate surface area is 152 Å². The van der Waals surface area contributed by atoms with Crippen molar-refractivity contribution in [2.45, 2.75) is 75.1 Å². The molecule has 0 aliphatic heterocycles. The van der Waals surface area contributed by atoms with Gasteiger partial charge in [-0.15, -0.1) is 0 Å². The number of halogens is 2. The molecule has 2 heteroatoms. The summed E-state index contributed by atoms with van der Waals surface area (Å²) >= 11 is 5.65. The lowest BCUT2D eigenvalue weighted by Crippen LogP contribution is -2.57. The Hall–Kier alpha value is 1.46. The zero-order valence-electron chi connectivity index (χ0n) is 12.9. The van der Waals surface area contributed by atoms with E-state index in [1.807, 2.05) is 0 Å². The Morgan fingerprint density at radius 3 is 2.45 bits per heavy atom. The van der Waals surface area contributed by atoms with Gasteiger partial charge in [-0.25, -0.2) is 0 Å². The molecule has 3 aliphatic rings. The monoisotopic (exact) mass is 500 g/mol. The summed E-state index contributed by atoms with van der Waals surface area (Å²) in [4.78, 5) is 0. The van der Waals surface area contributed by atoms with E-state index in [9.17, 15) is 0 Å². The summed E-state index contributed by atoms with van der Waals surface area (Å²) in [5.41, 5.74) is 0.741. The summed E-state index contributed by atoms with van der Waals surface area (Å²) < 4.78 is 2.43. The van der Waals surface area contributed by atoms with Gasteiger partial charge >= 0.3 is 0 Å². The van der Waals surface area contributed by atoms with E-state index in [-0.39, 0.29) is 0 Å². The third-order valence-electron chi connectivity index (χ3n) is 6.91. The maximum atomic E-state index is 2.89. The highest BCUT2D eigenvalue weighted by molar-refractivity contribution is 14.1. The van der Waals surface area contributed by atoms with Crippen LogP contribution in [-0.2, 0) is 0 Å². The van der Waals surface area contributed by atoms with Gasteiger partial charge in [-0.2, -0.15) is 0 Å².